The summed E-state index contributed by atoms with van der Waals surface area (Å²) in [6, 6.07) is 9.64. The second-order valence-electron chi connectivity index (χ2n) is 3.66. The molecule has 0 aliphatic heterocycles. The van der Waals surface area contributed by atoms with Crippen LogP contribution < -0.4 is 5.32 Å². The van der Waals surface area contributed by atoms with Gasteiger partial charge in [0.15, 0.2) is 5.92 Å². The predicted molar refractivity (Wildman–Crippen MR) is 58.0 cm³/mol. The number of nitrogens with one attached hydrogen (secondary N) is 1. The van der Waals surface area contributed by atoms with Gasteiger partial charge in [0, 0.05) is 13.1 Å². The fourth-order valence-corrected chi connectivity index (χ4v) is 1.29. The molecule has 6 heteroatoms. The van der Waals surface area contributed by atoms with Crippen LogP contribution in [-0.2, 0) is 6.54 Å². The molecule has 1 unspecified atom stereocenters. The summed E-state index contributed by atoms with van der Waals surface area (Å²) in [4.78, 5) is 0. The zero-order valence-electron chi connectivity index (χ0n) is 9.33. The van der Waals surface area contributed by atoms with Gasteiger partial charge in [0.2, 0.25) is 0 Å². The largest absolute Gasteiger partial charge is 0.405 e. The minimum Gasteiger partial charge on any atom is -0.311 e. The van der Waals surface area contributed by atoms with E-state index < -0.39 is 18.6 Å². The molecule has 0 aromatic heterocycles. The van der Waals surface area contributed by atoms with E-state index in [0.717, 1.165) is 5.56 Å². The Balaban J connectivity index is 2.47. The van der Waals surface area contributed by atoms with Crippen molar-refractivity contribution in [2.45, 2.75) is 12.7 Å². The Morgan fingerprint density at radius 2 is 1.78 bits per heavy atom. The summed E-state index contributed by atoms with van der Waals surface area (Å²) in [5, 5.41) is 19.5. The molecule has 0 radical (unpaired) electrons. The molecule has 1 aromatic rings. The second kappa shape index (κ2) is 6.04. The van der Waals surface area contributed by atoms with Crippen molar-refractivity contribution in [1.29, 1.82) is 10.5 Å². The molecule has 1 N–H and O–H groups in total. The van der Waals surface area contributed by atoms with E-state index in [4.69, 9.17) is 10.5 Å². The summed E-state index contributed by atoms with van der Waals surface area (Å²) < 4.78 is 36.7. The predicted octanol–water partition coefficient (Wildman–Crippen LogP) is 2.35. The molecule has 1 aromatic carbocycles. The van der Waals surface area contributed by atoms with E-state index in [9.17, 15) is 13.2 Å². The number of nitriles is 2. The molecule has 0 amide bonds. The molecule has 0 heterocycles. The molecule has 0 saturated heterocycles. The third-order valence-corrected chi connectivity index (χ3v) is 2.31. The maximum Gasteiger partial charge on any atom is 0.405 e. The van der Waals surface area contributed by atoms with Gasteiger partial charge in [-0.3, -0.25) is 0 Å². The van der Waals surface area contributed by atoms with Crippen molar-refractivity contribution in [2.75, 3.05) is 6.54 Å². The Labute approximate surface area is 102 Å². The van der Waals surface area contributed by atoms with Crippen molar-refractivity contribution in [1.82, 2.24) is 5.32 Å². The Hall–Kier alpha value is -2.05. The number of benzene rings is 1. The normalized spacial score (nSPS) is 12.5. The molecule has 1 atom stereocenters. The Kier molecular flexibility index (Phi) is 4.70. The van der Waals surface area contributed by atoms with Crippen molar-refractivity contribution in [3.63, 3.8) is 0 Å². The smallest absolute Gasteiger partial charge is 0.311 e. The summed E-state index contributed by atoms with van der Waals surface area (Å²) in [7, 11) is 0. The topological polar surface area (TPSA) is 59.6 Å². The van der Waals surface area contributed by atoms with Gasteiger partial charge in [-0.05, 0) is 17.7 Å². The maximum atomic E-state index is 12.2. The third kappa shape index (κ3) is 4.08. The average Bonchev–Trinajstić information content (AvgIpc) is 2.34. The number of alkyl halides is 3. The summed E-state index contributed by atoms with van der Waals surface area (Å²) >= 11 is 0. The van der Waals surface area contributed by atoms with Gasteiger partial charge in [0.25, 0.3) is 0 Å². The summed E-state index contributed by atoms with van der Waals surface area (Å²) in [5.74, 6) is -2.00. The Bertz CT molecular complexity index is 465. The van der Waals surface area contributed by atoms with Crippen LogP contribution in [0, 0.1) is 28.6 Å². The van der Waals surface area contributed by atoms with Crippen molar-refractivity contribution >= 4 is 0 Å². The van der Waals surface area contributed by atoms with Crippen LogP contribution in [0.25, 0.3) is 0 Å². The van der Waals surface area contributed by atoms with Crippen molar-refractivity contribution in [2.24, 2.45) is 5.92 Å². The van der Waals surface area contributed by atoms with Gasteiger partial charge >= 0.3 is 6.18 Å². The molecular weight excluding hydrogens is 243 g/mol. The summed E-state index contributed by atoms with van der Waals surface area (Å²) in [6.45, 7) is -0.222. The highest BCUT2D eigenvalue weighted by Gasteiger charge is 2.39. The highest BCUT2D eigenvalue weighted by Crippen LogP contribution is 2.24. The first-order valence-corrected chi connectivity index (χ1v) is 5.13. The standard InChI is InChI=1S/C12H10F3N3/c13-12(14,15)11(6-17)8-18-7-10-3-1-9(5-16)2-4-10/h1-4,11,18H,7-8H2. The number of nitrogens with zero attached hydrogens (tertiary/aromatic N) is 2. The third-order valence-electron chi connectivity index (χ3n) is 2.31. The molecule has 0 fully saturated rings. The molecule has 0 spiro atoms. The van der Waals surface area contributed by atoms with E-state index in [1.165, 1.54) is 6.07 Å². The summed E-state index contributed by atoms with van der Waals surface area (Å²) in [6.07, 6.45) is -4.51. The highest BCUT2D eigenvalue weighted by molar-refractivity contribution is 5.31. The lowest BCUT2D eigenvalue weighted by Gasteiger charge is -2.13. The first kappa shape index (κ1) is 14.0. The fourth-order valence-electron chi connectivity index (χ4n) is 1.29. The van der Waals surface area contributed by atoms with Crippen LogP contribution in [0.5, 0.6) is 0 Å². The van der Waals surface area contributed by atoms with Crippen LogP contribution in [0.3, 0.4) is 0 Å². The second-order valence-corrected chi connectivity index (χ2v) is 3.66. The van der Waals surface area contributed by atoms with Crippen LogP contribution in [0.15, 0.2) is 24.3 Å². The van der Waals surface area contributed by atoms with E-state index in [2.05, 4.69) is 5.32 Å². The lowest BCUT2D eigenvalue weighted by molar-refractivity contribution is -0.157. The molecule has 0 saturated carbocycles. The maximum absolute atomic E-state index is 12.2. The Morgan fingerprint density at radius 1 is 1.17 bits per heavy atom. The lowest BCUT2D eigenvalue weighted by Crippen LogP contribution is -2.32. The van der Waals surface area contributed by atoms with Gasteiger partial charge in [-0.2, -0.15) is 23.7 Å². The quantitative estimate of drug-likeness (QED) is 0.896. The highest BCUT2D eigenvalue weighted by atomic mass is 19.4. The molecule has 94 valence electrons. The fraction of sp³-hybridized carbons (Fsp3) is 0.333. The van der Waals surface area contributed by atoms with Gasteiger partial charge in [-0.15, -0.1) is 0 Å². The van der Waals surface area contributed by atoms with Crippen LogP contribution in [-0.4, -0.2) is 12.7 Å². The van der Waals surface area contributed by atoms with Crippen molar-refractivity contribution in [3.8, 4) is 12.1 Å². The molecule has 0 bridgehead atoms. The zero-order valence-corrected chi connectivity index (χ0v) is 9.33. The van der Waals surface area contributed by atoms with Crippen LogP contribution in [0.1, 0.15) is 11.1 Å². The molecular formula is C12H10F3N3. The zero-order chi connectivity index (χ0) is 13.6. The van der Waals surface area contributed by atoms with E-state index in [1.54, 1.807) is 24.3 Å². The van der Waals surface area contributed by atoms with Crippen LogP contribution in [0.4, 0.5) is 13.2 Å². The van der Waals surface area contributed by atoms with E-state index in [0.29, 0.717) is 5.56 Å². The molecule has 0 aliphatic carbocycles. The first-order valence-electron chi connectivity index (χ1n) is 5.13. The van der Waals surface area contributed by atoms with Crippen molar-refractivity contribution in [3.05, 3.63) is 35.4 Å². The number of hydrogen-bond acceptors (Lipinski definition) is 3. The van der Waals surface area contributed by atoms with E-state index in [1.807, 2.05) is 6.07 Å². The van der Waals surface area contributed by atoms with Crippen LogP contribution in [0.2, 0.25) is 0 Å². The molecule has 18 heavy (non-hydrogen) atoms. The van der Waals surface area contributed by atoms with Gasteiger partial charge < -0.3 is 5.32 Å². The number of rotatable bonds is 4. The SMILES string of the molecule is N#Cc1ccc(CNCC(C#N)C(F)(F)F)cc1. The van der Waals surface area contributed by atoms with Gasteiger partial charge in [-0.25, -0.2) is 0 Å². The van der Waals surface area contributed by atoms with E-state index in [-0.39, 0.29) is 6.54 Å². The summed E-state index contributed by atoms with van der Waals surface area (Å²) in [5.41, 5.74) is 1.25. The molecule has 0 aliphatic rings. The van der Waals surface area contributed by atoms with Gasteiger partial charge in [-0.1, -0.05) is 12.1 Å². The monoisotopic (exact) mass is 253 g/mol. The first-order chi connectivity index (χ1) is 8.47. The Morgan fingerprint density at radius 3 is 2.22 bits per heavy atom. The van der Waals surface area contributed by atoms with E-state index >= 15 is 0 Å². The number of hydrogen-bond donors (Lipinski definition) is 1. The van der Waals surface area contributed by atoms with Gasteiger partial charge in [0.05, 0.1) is 17.7 Å². The van der Waals surface area contributed by atoms with Crippen molar-refractivity contribution < 1.29 is 13.2 Å². The number of halogens is 3. The average molecular weight is 253 g/mol. The molecule has 1 rings (SSSR count). The lowest BCUT2D eigenvalue weighted by atomic mass is 10.1. The van der Waals surface area contributed by atoms with Gasteiger partial charge in [0.1, 0.15) is 0 Å². The van der Waals surface area contributed by atoms with Crippen LogP contribution >= 0.6 is 0 Å². The minimum absolute atomic E-state index is 0.222. The minimum atomic E-state index is -4.51. The molecule has 3 nitrogen and oxygen atoms in total.